The van der Waals surface area contributed by atoms with Crippen LogP contribution in [0.25, 0.3) is 0 Å². The number of halogens is 2. The van der Waals surface area contributed by atoms with E-state index in [9.17, 15) is 14.0 Å². The number of fused-ring (bicyclic) bond motifs is 1. The first-order chi connectivity index (χ1) is 13.0. The molecule has 2 aliphatic heterocycles. The number of benzene rings is 2. The fourth-order valence-electron chi connectivity index (χ4n) is 3.15. The molecule has 0 saturated carbocycles. The number of carbonyl (C=O) groups is 2. The Morgan fingerprint density at radius 3 is 2.85 bits per heavy atom. The highest BCUT2D eigenvalue weighted by Crippen LogP contribution is 2.26. The van der Waals surface area contributed by atoms with E-state index >= 15 is 0 Å². The van der Waals surface area contributed by atoms with E-state index in [1.165, 1.54) is 12.1 Å². The predicted molar refractivity (Wildman–Crippen MR) is 96.5 cm³/mol. The highest BCUT2D eigenvalue weighted by atomic mass is 35.5. The van der Waals surface area contributed by atoms with Crippen molar-refractivity contribution >= 4 is 23.3 Å². The maximum atomic E-state index is 13.1. The molecule has 0 aliphatic carbocycles. The molecule has 7 heteroatoms. The molecule has 4 rings (SSSR count). The van der Waals surface area contributed by atoms with Gasteiger partial charge in [0.1, 0.15) is 18.2 Å². The van der Waals surface area contributed by atoms with Gasteiger partial charge in [0, 0.05) is 35.7 Å². The van der Waals surface area contributed by atoms with Crippen LogP contribution in [0.2, 0.25) is 5.02 Å². The topological polar surface area (TPSA) is 55.8 Å². The van der Waals surface area contributed by atoms with E-state index in [1.807, 2.05) is 0 Å². The van der Waals surface area contributed by atoms with Crippen LogP contribution in [0.1, 0.15) is 21.5 Å². The molecule has 140 valence electrons. The molecule has 0 radical (unpaired) electrons. The van der Waals surface area contributed by atoms with Crippen LogP contribution < -0.4 is 4.74 Å². The molecule has 1 amide bonds. The van der Waals surface area contributed by atoms with Gasteiger partial charge in [-0.3, -0.25) is 9.59 Å². The standard InChI is InChI=1S/C20H17ClFNO4/c21-18-7-15(22)3-1-13(18)10-26-17-8-23(9-17)20(25)12-2-4-19-14(5-12)6-16(24)11-27-19/h1-5,7,17H,6,8-11H2. The number of hydrogen-bond acceptors (Lipinski definition) is 4. The van der Waals surface area contributed by atoms with Crippen LogP contribution in [0, 0.1) is 5.82 Å². The lowest BCUT2D eigenvalue weighted by atomic mass is 10.0. The van der Waals surface area contributed by atoms with Crippen molar-refractivity contribution in [2.24, 2.45) is 0 Å². The number of hydrogen-bond donors (Lipinski definition) is 0. The average molecular weight is 390 g/mol. The summed E-state index contributed by atoms with van der Waals surface area (Å²) in [5, 5.41) is 0.327. The van der Waals surface area contributed by atoms with Gasteiger partial charge in [-0.1, -0.05) is 17.7 Å². The van der Waals surface area contributed by atoms with Crippen LogP contribution in [0.15, 0.2) is 36.4 Å². The Labute approximate surface area is 160 Å². The van der Waals surface area contributed by atoms with Gasteiger partial charge in [0.05, 0.1) is 12.7 Å². The summed E-state index contributed by atoms with van der Waals surface area (Å²) >= 11 is 5.98. The van der Waals surface area contributed by atoms with Gasteiger partial charge in [-0.15, -0.1) is 0 Å². The highest BCUT2D eigenvalue weighted by Gasteiger charge is 2.32. The Morgan fingerprint density at radius 2 is 2.07 bits per heavy atom. The van der Waals surface area contributed by atoms with Crippen LogP contribution in [0.3, 0.4) is 0 Å². The molecule has 5 nitrogen and oxygen atoms in total. The number of Topliss-reactive ketones (excluding diaryl/α,β-unsaturated/α-hetero) is 1. The molecule has 0 spiro atoms. The summed E-state index contributed by atoms with van der Waals surface area (Å²) in [6.07, 6.45) is 0.207. The maximum Gasteiger partial charge on any atom is 0.254 e. The summed E-state index contributed by atoms with van der Waals surface area (Å²) in [7, 11) is 0. The lowest BCUT2D eigenvalue weighted by molar-refractivity contribution is -0.121. The number of likely N-dealkylation sites (tertiary alicyclic amines) is 1. The van der Waals surface area contributed by atoms with Gasteiger partial charge < -0.3 is 14.4 Å². The van der Waals surface area contributed by atoms with Gasteiger partial charge in [0.2, 0.25) is 0 Å². The van der Waals surface area contributed by atoms with Gasteiger partial charge in [0.25, 0.3) is 5.91 Å². The number of nitrogens with zero attached hydrogens (tertiary/aromatic N) is 1. The molecule has 0 aromatic heterocycles. The third-order valence-electron chi connectivity index (χ3n) is 4.71. The first-order valence-corrected chi connectivity index (χ1v) is 8.99. The van der Waals surface area contributed by atoms with E-state index in [2.05, 4.69) is 0 Å². The van der Waals surface area contributed by atoms with Crippen LogP contribution in [-0.2, 0) is 22.6 Å². The molecule has 1 saturated heterocycles. The van der Waals surface area contributed by atoms with Crippen molar-refractivity contribution in [1.82, 2.24) is 4.90 Å². The molecule has 2 aromatic carbocycles. The third-order valence-corrected chi connectivity index (χ3v) is 5.06. The van der Waals surface area contributed by atoms with Crippen molar-refractivity contribution in [1.29, 1.82) is 0 Å². The molecular formula is C20H17ClFNO4. The van der Waals surface area contributed by atoms with E-state index in [1.54, 1.807) is 29.2 Å². The number of ketones is 1. The van der Waals surface area contributed by atoms with Crippen molar-refractivity contribution in [3.8, 4) is 5.75 Å². The second-order valence-electron chi connectivity index (χ2n) is 6.71. The molecule has 2 aromatic rings. The normalized spacial score (nSPS) is 16.5. The zero-order valence-electron chi connectivity index (χ0n) is 14.4. The Bertz CT molecular complexity index is 911. The Kier molecular flexibility index (Phi) is 4.85. The Balaban J connectivity index is 1.32. The lowest BCUT2D eigenvalue weighted by Gasteiger charge is -2.39. The molecule has 1 fully saturated rings. The number of carbonyl (C=O) groups excluding carboxylic acids is 2. The average Bonchev–Trinajstić information content (AvgIpc) is 2.61. The minimum atomic E-state index is -0.388. The predicted octanol–water partition coefficient (Wildman–Crippen LogP) is 3.02. The zero-order valence-corrected chi connectivity index (χ0v) is 15.2. The molecule has 0 atom stereocenters. The number of rotatable bonds is 4. The molecular weight excluding hydrogens is 373 g/mol. The first kappa shape index (κ1) is 17.9. The van der Waals surface area contributed by atoms with Gasteiger partial charge in [0.15, 0.2) is 5.78 Å². The van der Waals surface area contributed by atoms with Crippen LogP contribution >= 0.6 is 11.6 Å². The smallest absolute Gasteiger partial charge is 0.254 e. The van der Waals surface area contributed by atoms with Crippen molar-refractivity contribution in [2.45, 2.75) is 19.1 Å². The highest BCUT2D eigenvalue weighted by molar-refractivity contribution is 6.31. The quantitative estimate of drug-likeness (QED) is 0.806. The van der Waals surface area contributed by atoms with Crippen molar-refractivity contribution in [3.05, 3.63) is 63.9 Å². The molecule has 0 unspecified atom stereocenters. The summed E-state index contributed by atoms with van der Waals surface area (Å²) in [6, 6.07) is 9.35. The van der Waals surface area contributed by atoms with Crippen LogP contribution in [-0.4, -0.2) is 42.4 Å². The van der Waals surface area contributed by atoms with E-state index in [0.717, 1.165) is 5.56 Å². The largest absolute Gasteiger partial charge is 0.486 e. The monoisotopic (exact) mass is 389 g/mol. The molecule has 27 heavy (non-hydrogen) atoms. The second-order valence-corrected chi connectivity index (χ2v) is 7.11. The van der Waals surface area contributed by atoms with E-state index in [0.29, 0.717) is 41.4 Å². The van der Waals surface area contributed by atoms with Gasteiger partial charge in [-0.05, 0) is 35.9 Å². The fraction of sp³-hybridized carbons (Fsp3) is 0.300. The zero-order chi connectivity index (χ0) is 19.0. The van der Waals surface area contributed by atoms with E-state index < -0.39 is 0 Å². The second kappa shape index (κ2) is 7.29. The van der Waals surface area contributed by atoms with Crippen LogP contribution in [0.4, 0.5) is 4.39 Å². The van der Waals surface area contributed by atoms with E-state index in [4.69, 9.17) is 21.1 Å². The lowest BCUT2D eigenvalue weighted by Crippen LogP contribution is -2.54. The maximum absolute atomic E-state index is 13.1. The summed E-state index contributed by atoms with van der Waals surface area (Å²) in [4.78, 5) is 25.8. The molecule has 0 bridgehead atoms. The van der Waals surface area contributed by atoms with Gasteiger partial charge in [-0.2, -0.15) is 0 Å². The minimum Gasteiger partial charge on any atom is -0.486 e. The van der Waals surface area contributed by atoms with Gasteiger partial charge >= 0.3 is 0 Å². The van der Waals surface area contributed by atoms with Crippen LogP contribution in [0.5, 0.6) is 5.75 Å². The number of amides is 1. The minimum absolute atomic E-state index is 0.00367. The van der Waals surface area contributed by atoms with E-state index in [-0.39, 0.29) is 36.8 Å². The van der Waals surface area contributed by atoms with Crippen molar-refractivity contribution < 1.29 is 23.5 Å². The first-order valence-electron chi connectivity index (χ1n) is 8.62. The number of ether oxygens (including phenoxy) is 2. The fourth-order valence-corrected chi connectivity index (χ4v) is 3.37. The Morgan fingerprint density at radius 1 is 1.26 bits per heavy atom. The summed E-state index contributed by atoms with van der Waals surface area (Å²) in [6.45, 7) is 1.31. The molecule has 2 heterocycles. The summed E-state index contributed by atoms with van der Waals surface area (Å²) < 4.78 is 24.1. The Hall–Kier alpha value is -2.44. The molecule has 2 aliphatic rings. The van der Waals surface area contributed by atoms with Crippen molar-refractivity contribution in [2.75, 3.05) is 19.7 Å². The third kappa shape index (κ3) is 3.82. The van der Waals surface area contributed by atoms with Crippen molar-refractivity contribution in [3.63, 3.8) is 0 Å². The molecule has 0 N–H and O–H groups in total. The summed E-state index contributed by atoms with van der Waals surface area (Å²) in [5.41, 5.74) is 1.99. The summed E-state index contributed by atoms with van der Waals surface area (Å²) in [5.74, 6) is 0.174. The van der Waals surface area contributed by atoms with Gasteiger partial charge in [-0.25, -0.2) is 4.39 Å². The SMILES string of the molecule is O=C1COc2ccc(C(=O)N3CC(OCc4ccc(F)cc4Cl)C3)cc2C1.